The molecule has 1 heterocycles. The maximum absolute atomic E-state index is 5.95. The zero-order chi connectivity index (χ0) is 13.8. The van der Waals surface area contributed by atoms with Crippen molar-refractivity contribution < 1.29 is 4.52 Å². The molecule has 2 N–H and O–H groups in total. The summed E-state index contributed by atoms with van der Waals surface area (Å²) in [5.74, 6) is 1.81. The lowest BCUT2D eigenvalue weighted by molar-refractivity contribution is 0.335. The highest BCUT2D eigenvalue weighted by Crippen LogP contribution is 2.25. The molecule has 0 aliphatic carbocycles. The van der Waals surface area contributed by atoms with Gasteiger partial charge in [-0.05, 0) is 24.5 Å². The first-order chi connectivity index (χ1) is 9.10. The molecule has 1 aromatic carbocycles. The monoisotopic (exact) mass is 279 g/mol. The molecule has 0 saturated carbocycles. The molecule has 2 aromatic rings. The van der Waals surface area contributed by atoms with E-state index in [1.54, 1.807) is 0 Å². The Morgan fingerprint density at radius 1 is 1.37 bits per heavy atom. The third kappa shape index (κ3) is 3.55. The third-order valence-corrected chi connectivity index (χ3v) is 3.15. The van der Waals surface area contributed by atoms with E-state index in [0.29, 0.717) is 29.2 Å². The smallest absolute Gasteiger partial charge is 0.231 e. The third-order valence-electron chi connectivity index (χ3n) is 2.91. The van der Waals surface area contributed by atoms with Crippen molar-refractivity contribution in [3.05, 3.63) is 35.2 Å². The minimum Gasteiger partial charge on any atom is -0.339 e. The second-order valence-corrected chi connectivity index (χ2v) is 5.47. The fourth-order valence-corrected chi connectivity index (χ4v) is 2.20. The van der Waals surface area contributed by atoms with Gasteiger partial charge in [0.2, 0.25) is 11.7 Å². The van der Waals surface area contributed by atoms with Crippen LogP contribution in [0.3, 0.4) is 0 Å². The summed E-state index contributed by atoms with van der Waals surface area (Å²) in [6, 6.07) is 7.40. The van der Waals surface area contributed by atoms with Crippen molar-refractivity contribution in [3.8, 4) is 11.4 Å². The average molecular weight is 280 g/mol. The molecule has 0 aliphatic rings. The van der Waals surface area contributed by atoms with Crippen LogP contribution in [0, 0.1) is 5.92 Å². The normalized spacial score (nSPS) is 12.9. The molecular weight excluding hydrogens is 262 g/mol. The SMILES string of the molecule is CC(C)CC(CN)c1nc(-c2cccc(Cl)c2)no1. The van der Waals surface area contributed by atoms with Gasteiger partial charge in [0.1, 0.15) is 0 Å². The highest BCUT2D eigenvalue weighted by atomic mass is 35.5. The van der Waals surface area contributed by atoms with Gasteiger partial charge in [0.15, 0.2) is 0 Å². The van der Waals surface area contributed by atoms with E-state index in [0.717, 1.165) is 12.0 Å². The second kappa shape index (κ2) is 6.17. The van der Waals surface area contributed by atoms with Crippen LogP contribution in [-0.2, 0) is 0 Å². The molecule has 1 unspecified atom stereocenters. The lowest BCUT2D eigenvalue weighted by Gasteiger charge is -2.11. The molecule has 19 heavy (non-hydrogen) atoms. The Morgan fingerprint density at radius 2 is 2.16 bits per heavy atom. The van der Waals surface area contributed by atoms with Gasteiger partial charge in [-0.25, -0.2) is 0 Å². The van der Waals surface area contributed by atoms with Crippen molar-refractivity contribution in [2.75, 3.05) is 6.54 Å². The fraction of sp³-hybridized carbons (Fsp3) is 0.429. The molecule has 0 aliphatic heterocycles. The fourth-order valence-electron chi connectivity index (χ4n) is 2.01. The first-order valence-corrected chi connectivity index (χ1v) is 6.77. The first kappa shape index (κ1) is 14.0. The molecule has 0 bridgehead atoms. The highest BCUT2D eigenvalue weighted by molar-refractivity contribution is 6.30. The number of halogens is 1. The van der Waals surface area contributed by atoms with Crippen LogP contribution in [0.15, 0.2) is 28.8 Å². The zero-order valence-electron chi connectivity index (χ0n) is 11.1. The molecule has 102 valence electrons. The van der Waals surface area contributed by atoms with E-state index >= 15 is 0 Å². The predicted octanol–water partition coefficient (Wildman–Crippen LogP) is 3.48. The van der Waals surface area contributed by atoms with Gasteiger partial charge in [-0.15, -0.1) is 0 Å². The maximum Gasteiger partial charge on any atom is 0.231 e. The Balaban J connectivity index is 2.23. The van der Waals surface area contributed by atoms with Crippen molar-refractivity contribution in [2.45, 2.75) is 26.2 Å². The summed E-state index contributed by atoms with van der Waals surface area (Å²) in [4.78, 5) is 4.43. The lowest BCUT2D eigenvalue weighted by atomic mass is 9.97. The van der Waals surface area contributed by atoms with E-state index in [9.17, 15) is 0 Å². The average Bonchev–Trinajstić information content (AvgIpc) is 2.85. The zero-order valence-corrected chi connectivity index (χ0v) is 11.9. The van der Waals surface area contributed by atoms with Gasteiger partial charge >= 0.3 is 0 Å². The Bertz CT molecular complexity index is 539. The quantitative estimate of drug-likeness (QED) is 0.910. The Hall–Kier alpha value is -1.39. The molecule has 0 radical (unpaired) electrons. The summed E-state index contributed by atoms with van der Waals surface area (Å²) in [5.41, 5.74) is 6.63. The van der Waals surface area contributed by atoms with Crippen LogP contribution in [0.1, 0.15) is 32.1 Å². The van der Waals surface area contributed by atoms with Gasteiger partial charge in [-0.3, -0.25) is 0 Å². The largest absolute Gasteiger partial charge is 0.339 e. The topological polar surface area (TPSA) is 64.9 Å². The van der Waals surface area contributed by atoms with Crippen molar-refractivity contribution in [1.82, 2.24) is 10.1 Å². The van der Waals surface area contributed by atoms with Crippen LogP contribution >= 0.6 is 11.6 Å². The maximum atomic E-state index is 5.95. The van der Waals surface area contributed by atoms with Crippen LogP contribution in [0.5, 0.6) is 0 Å². The number of nitrogens with zero attached hydrogens (tertiary/aromatic N) is 2. The van der Waals surface area contributed by atoms with E-state index in [1.165, 1.54) is 0 Å². The minimum absolute atomic E-state index is 0.112. The molecule has 5 heteroatoms. The number of hydrogen-bond acceptors (Lipinski definition) is 4. The molecule has 0 amide bonds. The molecule has 4 nitrogen and oxygen atoms in total. The molecule has 0 fully saturated rings. The van der Waals surface area contributed by atoms with Crippen LogP contribution in [0.25, 0.3) is 11.4 Å². The van der Waals surface area contributed by atoms with Crippen LogP contribution in [-0.4, -0.2) is 16.7 Å². The van der Waals surface area contributed by atoms with Crippen LogP contribution in [0.4, 0.5) is 0 Å². The summed E-state index contributed by atoms with van der Waals surface area (Å²) >= 11 is 5.95. The van der Waals surface area contributed by atoms with E-state index in [-0.39, 0.29) is 5.92 Å². The van der Waals surface area contributed by atoms with Gasteiger partial charge in [0.25, 0.3) is 0 Å². The first-order valence-electron chi connectivity index (χ1n) is 6.39. The van der Waals surface area contributed by atoms with Crippen LogP contribution < -0.4 is 5.73 Å². The van der Waals surface area contributed by atoms with E-state index in [4.69, 9.17) is 21.9 Å². The van der Waals surface area contributed by atoms with Crippen LogP contribution in [0.2, 0.25) is 5.02 Å². The standard InChI is InChI=1S/C14H18ClN3O/c1-9(2)6-11(8-16)14-17-13(18-19-14)10-4-3-5-12(15)7-10/h3-5,7,9,11H,6,8,16H2,1-2H3. The Morgan fingerprint density at radius 3 is 2.79 bits per heavy atom. The van der Waals surface area contributed by atoms with Crippen molar-refractivity contribution in [2.24, 2.45) is 11.7 Å². The molecule has 1 atom stereocenters. The highest BCUT2D eigenvalue weighted by Gasteiger charge is 2.19. The molecule has 0 saturated heterocycles. The summed E-state index contributed by atoms with van der Waals surface area (Å²) in [7, 11) is 0. The van der Waals surface area contributed by atoms with Crippen molar-refractivity contribution >= 4 is 11.6 Å². The molecule has 2 rings (SSSR count). The minimum atomic E-state index is 0.112. The number of hydrogen-bond donors (Lipinski definition) is 1. The number of nitrogens with two attached hydrogens (primary N) is 1. The van der Waals surface area contributed by atoms with E-state index < -0.39 is 0 Å². The van der Waals surface area contributed by atoms with Gasteiger partial charge < -0.3 is 10.3 Å². The Labute approximate surface area is 118 Å². The molecule has 1 aromatic heterocycles. The number of rotatable bonds is 5. The van der Waals surface area contributed by atoms with Gasteiger partial charge in [-0.2, -0.15) is 4.98 Å². The van der Waals surface area contributed by atoms with Gasteiger partial charge in [0.05, 0.1) is 5.92 Å². The van der Waals surface area contributed by atoms with E-state index in [2.05, 4.69) is 24.0 Å². The second-order valence-electron chi connectivity index (χ2n) is 5.03. The molecule has 0 spiro atoms. The number of aromatic nitrogens is 2. The van der Waals surface area contributed by atoms with Crippen molar-refractivity contribution in [3.63, 3.8) is 0 Å². The van der Waals surface area contributed by atoms with Gasteiger partial charge in [0, 0.05) is 17.1 Å². The molecular formula is C14H18ClN3O. The summed E-state index contributed by atoms with van der Waals surface area (Å²) in [5, 5.41) is 4.66. The predicted molar refractivity (Wildman–Crippen MR) is 76.0 cm³/mol. The van der Waals surface area contributed by atoms with Crippen molar-refractivity contribution in [1.29, 1.82) is 0 Å². The summed E-state index contributed by atoms with van der Waals surface area (Å²) < 4.78 is 5.33. The lowest BCUT2D eigenvalue weighted by Crippen LogP contribution is -2.15. The summed E-state index contributed by atoms with van der Waals surface area (Å²) in [6.45, 7) is 4.81. The van der Waals surface area contributed by atoms with Gasteiger partial charge in [-0.1, -0.05) is 42.7 Å². The van der Waals surface area contributed by atoms with E-state index in [1.807, 2.05) is 24.3 Å². The summed E-state index contributed by atoms with van der Waals surface area (Å²) in [6.07, 6.45) is 0.938. The Kier molecular flexibility index (Phi) is 4.56. The number of benzene rings is 1.